The molecule has 1 heterocycles. The van der Waals surface area contributed by atoms with E-state index < -0.39 is 0 Å². The van der Waals surface area contributed by atoms with Gasteiger partial charge in [0.25, 0.3) is 5.91 Å². The zero-order chi connectivity index (χ0) is 25.2. The summed E-state index contributed by atoms with van der Waals surface area (Å²) in [7, 11) is 1.61. The lowest BCUT2D eigenvalue weighted by Crippen LogP contribution is -2.39. The van der Waals surface area contributed by atoms with Crippen LogP contribution in [0.4, 0.5) is 11.4 Å². The number of rotatable bonds is 12. The Balaban J connectivity index is 1.26. The van der Waals surface area contributed by atoms with E-state index >= 15 is 0 Å². The molecule has 0 aliphatic carbocycles. The number of methoxy groups -OCH3 is 1. The number of nitrogens with zero attached hydrogens (tertiary/aromatic N) is 1. The Labute approximate surface area is 210 Å². The van der Waals surface area contributed by atoms with Crippen molar-refractivity contribution in [3.8, 4) is 23.0 Å². The van der Waals surface area contributed by atoms with Crippen LogP contribution < -0.4 is 29.2 Å². The van der Waals surface area contributed by atoms with Crippen LogP contribution >= 0.6 is 0 Å². The molecule has 0 saturated carbocycles. The summed E-state index contributed by atoms with van der Waals surface area (Å²) in [6, 6.07) is 22.2. The number of hydrogen-bond acceptors (Lipinski definition) is 6. The van der Waals surface area contributed by atoms with E-state index in [4.69, 9.17) is 18.9 Å². The first kappa shape index (κ1) is 24.9. The maximum atomic E-state index is 12.5. The third-order valence-corrected chi connectivity index (χ3v) is 5.60. The number of amides is 2. The SMILES string of the molecule is COc1ccc(OCCCC(=O)Nc2ccc3c(c2)N(CCCOc2ccccc2)C(=O)CO3)cc1. The average molecular weight is 491 g/mol. The minimum atomic E-state index is -0.126. The quantitative estimate of drug-likeness (QED) is 0.371. The van der Waals surface area contributed by atoms with E-state index in [-0.39, 0.29) is 18.4 Å². The number of carbonyl (C=O) groups excluding carboxylic acids is 2. The Bertz CT molecular complexity index is 1150. The molecule has 0 radical (unpaired) electrons. The molecule has 3 aromatic carbocycles. The van der Waals surface area contributed by atoms with Gasteiger partial charge >= 0.3 is 0 Å². The Hall–Kier alpha value is -4.20. The van der Waals surface area contributed by atoms with E-state index in [2.05, 4.69) is 5.32 Å². The number of fused-ring (bicyclic) bond motifs is 1. The van der Waals surface area contributed by atoms with Crippen molar-refractivity contribution in [2.75, 3.05) is 43.7 Å². The summed E-state index contributed by atoms with van der Waals surface area (Å²) >= 11 is 0. The van der Waals surface area contributed by atoms with Crippen LogP contribution in [0.3, 0.4) is 0 Å². The first-order valence-corrected chi connectivity index (χ1v) is 11.9. The Morgan fingerprint density at radius 3 is 2.36 bits per heavy atom. The minimum Gasteiger partial charge on any atom is -0.497 e. The molecule has 3 aromatic rings. The number of ether oxygens (including phenoxy) is 4. The number of benzene rings is 3. The zero-order valence-electron chi connectivity index (χ0n) is 20.3. The van der Waals surface area contributed by atoms with Crippen molar-refractivity contribution < 1.29 is 28.5 Å². The third kappa shape index (κ3) is 6.91. The van der Waals surface area contributed by atoms with Gasteiger partial charge in [-0.2, -0.15) is 0 Å². The smallest absolute Gasteiger partial charge is 0.265 e. The number of anilines is 2. The molecule has 0 aromatic heterocycles. The van der Waals surface area contributed by atoms with Gasteiger partial charge in [0.1, 0.15) is 23.0 Å². The molecule has 4 rings (SSSR count). The summed E-state index contributed by atoms with van der Waals surface area (Å²) in [4.78, 5) is 26.7. The molecule has 36 heavy (non-hydrogen) atoms. The molecule has 1 aliphatic heterocycles. The molecule has 2 amide bonds. The highest BCUT2D eigenvalue weighted by Crippen LogP contribution is 2.34. The van der Waals surface area contributed by atoms with Crippen LogP contribution in [0.5, 0.6) is 23.0 Å². The molecule has 0 atom stereocenters. The van der Waals surface area contributed by atoms with Crippen LogP contribution in [-0.4, -0.2) is 45.3 Å². The predicted molar refractivity (Wildman–Crippen MR) is 137 cm³/mol. The van der Waals surface area contributed by atoms with Gasteiger partial charge in [-0.25, -0.2) is 0 Å². The first-order chi connectivity index (χ1) is 17.6. The lowest BCUT2D eigenvalue weighted by Gasteiger charge is -2.30. The fourth-order valence-corrected chi connectivity index (χ4v) is 3.77. The van der Waals surface area contributed by atoms with Crippen molar-refractivity contribution >= 4 is 23.2 Å². The van der Waals surface area contributed by atoms with Crippen molar-refractivity contribution in [1.29, 1.82) is 0 Å². The van der Waals surface area contributed by atoms with Crippen molar-refractivity contribution in [2.45, 2.75) is 19.3 Å². The van der Waals surface area contributed by atoms with Gasteiger partial charge in [-0.05, 0) is 67.4 Å². The number of para-hydroxylation sites is 1. The van der Waals surface area contributed by atoms with Crippen molar-refractivity contribution in [1.82, 2.24) is 0 Å². The van der Waals surface area contributed by atoms with E-state index in [1.807, 2.05) is 54.6 Å². The summed E-state index contributed by atoms with van der Waals surface area (Å²) in [6.45, 7) is 1.39. The van der Waals surface area contributed by atoms with E-state index in [9.17, 15) is 9.59 Å². The standard InChI is InChI=1S/C28H30N2O6/c1-33-22-11-13-24(14-12-22)34-17-5-9-27(31)29-21-10-15-26-25(19-21)30(28(32)20-36-26)16-6-18-35-23-7-3-2-4-8-23/h2-4,7-8,10-15,19H,5-6,9,16-18,20H2,1H3,(H,29,31). The number of hydrogen-bond donors (Lipinski definition) is 1. The van der Waals surface area contributed by atoms with Gasteiger partial charge in [0.05, 0.1) is 26.0 Å². The van der Waals surface area contributed by atoms with Crippen LogP contribution in [0.25, 0.3) is 0 Å². The van der Waals surface area contributed by atoms with Crippen LogP contribution in [-0.2, 0) is 9.59 Å². The molecule has 8 nitrogen and oxygen atoms in total. The maximum absolute atomic E-state index is 12.5. The average Bonchev–Trinajstić information content (AvgIpc) is 2.91. The van der Waals surface area contributed by atoms with Gasteiger partial charge in [0.2, 0.25) is 5.91 Å². The summed E-state index contributed by atoms with van der Waals surface area (Å²) in [6.07, 6.45) is 1.53. The lowest BCUT2D eigenvalue weighted by atomic mass is 10.2. The largest absolute Gasteiger partial charge is 0.497 e. The molecular weight excluding hydrogens is 460 g/mol. The van der Waals surface area contributed by atoms with E-state index in [0.717, 1.165) is 17.2 Å². The summed E-state index contributed by atoms with van der Waals surface area (Å²) in [5.74, 6) is 2.65. The molecule has 0 fully saturated rings. The van der Waals surface area contributed by atoms with E-state index in [1.165, 1.54) is 0 Å². The van der Waals surface area contributed by atoms with Gasteiger partial charge in [0, 0.05) is 18.7 Å². The van der Waals surface area contributed by atoms with Crippen molar-refractivity contribution in [3.63, 3.8) is 0 Å². The second kappa shape index (κ2) is 12.5. The first-order valence-electron chi connectivity index (χ1n) is 11.9. The van der Waals surface area contributed by atoms with Crippen LogP contribution in [0, 0.1) is 0 Å². The minimum absolute atomic E-state index is 0.00750. The molecular formula is C28H30N2O6. The molecule has 0 saturated heterocycles. The van der Waals surface area contributed by atoms with Gasteiger partial charge in [0.15, 0.2) is 6.61 Å². The van der Waals surface area contributed by atoms with E-state index in [1.54, 1.807) is 30.2 Å². The number of nitrogens with one attached hydrogen (secondary N) is 1. The monoisotopic (exact) mass is 490 g/mol. The zero-order valence-corrected chi connectivity index (χ0v) is 20.3. The van der Waals surface area contributed by atoms with Gasteiger partial charge < -0.3 is 29.2 Å². The van der Waals surface area contributed by atoms with E-state index in [0.29, 0.717) is 56.1 Å². The molecule has 8 heteroatoms. The van der Waals surface area contributed by atoms with Crippen LogP contribution in [0.2, 0.25) is 0 Å². The van der Waals surface area contributed by atoms with Gasteiger partial charge in [-0.1, -0.05) is 18.2 Å². The lowest BCUT2D eigenvalue weighted by molar-refractivity contribution is -0.121. The third-order valence-electron chi connectivity index (χ3n) is 5.60. The molecule has 1 N–H and O–H groups in total. The summed E-state index contributed by atoms with van der Waals surface area (Å²) in [5.41, 5.74) is 1.25. The Kier molecular flexibility index (Phi) is 8.64. The van der Waals surface area contributed by atoms with Crippen LogP contribution in [0.1, 0.15) is 19.3 Å². The maximum Gasteiger partial charge on any atom is 0.265 e. The van der Waals surface area contributed by atoms with Gasteiger partial charge in [-0.3, -0.25) is 9.59 Å². The molecule has 188 valence electrons. The molecule has 0 bridgehead atoms. The normalized spacial score (nSPS) is 12.4. The second-order valence-corrected chi connectivity index (χ2v) is 8.21. The predicted octanol–water partition coefficient (Wildman–Crippen LogP) is 4.69. The van der Waals surface area contributed by atoms with Crippen molar-refractivity contribution in [2.24, 2.45) is 0 Å². The van der Waals surface area contributed by atoms with Crippen LogP contribution in [0.15, 0.2) is 72.8 Å². The fourth-order valence-electron chi connectivity index (χ4n) is 3.77. The second-order valence-electron chi connectivity index (χ2n) is 8.21. The molecule has 1 aliphatic rings. The molecule has 0 unspecified atom stereocenters. The topological polar surface area (TPSA) is 86.3 Å². The Morgan fingerprint density at radius 1 is 0.917 bits per heavy atom. The van der Waals surface area contributed by atoms with Gasteiger partial charge in [-0.15, -0.1) is 0 Å². The highest BCUT2D eigenvalue weighted by Gasteiger charge is 2.25. The fraction of sp³-hybridized carbons (Fsp3) is 0.286. The number of carbonyl (C=O) groups is 2. The van der Waals surface area contributed by atoms with Crippen molar-refractivity contribution in [3.05, 3.63) is 72.8 Å². The summed E-state index contributed by atoms with van der Waals surface area (Å²) < 4.78 is 22.1. The Morgan fingerprint density at radius 2 is 1.61 bits per heavy atom. The highest BCUT2D eigenvalue weighted by molar-refractivity contribution is 5.99. The summed E-state index contributed by atoms with van der Waals surface area (Å²) in [5, 5.41) is 2.90. The highest BCUT2D eigenvalue weighted by atomic mass is 16.5. The molecule has 0 spiro atoms.